The van der Waals surface area contributed by atoms with Crippen molar-refractivity contribution in [3.05, 3.63) is 88.3 Å². The number of amides is 2. The number of hydrogen-bond donors (Lipinski definition) is 2. The quantitative estimate of drug-likeness (QED) is 0.368. The third-order valence-electron chi connectivity index (χ3n) is 6.17. The van der Waals surface area contributed by atoms with Gasteiger partial charge < -0.3 is 24.7 Å². The molecule has 5 rings (SSSR count). The molecule has 1 aliphatic rings. The van der Waals surface area contributed by atoms with Crippen LogP contribution < -0.4 is 14.8 Å². The summed E-state index contributed by atoms with van der Waals surface area (Å²) in [5.41, 5.74) is 4.35. The second-order valence-corrected chi connectivity index (χ2v) is 8.54. The lowest BCUT2D eigenvalue weighted by Crippen LogP contribution is -2.43. The highest BCUT2D eigenvalue weighted by Gasteiger charge is 2.34. The molecule has 1 aliphatic heterocycles. The smallest absolute Gasteiger partial charge is 0.322 e. The van der Waals surface area contributed by atoms with Gasteiger partial charge in [-0.2, -0.15) is 0 Å². The van der Waals surface area contributed by atoms with E-state index in [1.807, 2.05) is 18.2 Å². The van der Waals surface area contributed by atoms with Crippen molar-refractivity contribution in [3.8, 4) is 11.5 Å². The Morgan fingerprint density at radius 1 is 1.06 bits per heavy atom. The Kier molecular flexibility index (Phi) is 5.79. The van der Waals surface area contributed by atoms with Gasteiger partial charge in [-0.1, -0.05) is 23.7 Å². The van der Waals surface area contributed by atoms with Crippen LogP contribution in [0.4, 0.5) is 14.9 Å². The highest BCUT2D eigenvalue weighted by molar-refractivity contribution is 6.31. The van der Waals surface area contributed by atoms with Gasteiger partial charge in [0.25, 0.3) is 0 Å². The predicted molar refractivity (Wildman–Crippen MR) is 131 cm³/mol. The number of urea groups is 1. The number of benzene rings is 3. The normalized spacial score (nSPS) is 15.2. The van der Waals surface area contributed by atoms with Crippen molar-refractivity contribution in [2.45, 2.75) is 12.5 Å². The summed E-state index contributed by atoms with van der Waals surface area (Å²) in [5, 5.41) is 4.66. The van der Waals surface area contributed by atoms with Crippen LogP contribution in [0.5, 0.6) is 11.5 Å². The lowest BCUT2D eigenvalue weighted by atomic mass is 9.92. The Morgan fingerprint density at radius 3 is 2.56 bits per heavy atom. The van der Waals surface area contributed by atoms with Gasteiger partial charge in [-0.15, -0.1) is 0 Å². The molecule has 2 N–H and O–H groups in total. The van der Waals surface area contributed by atoms with E-state index in [1.165, 1.54) is 12.1 Å². The first-order valence-corrected chi connectivity index (χ1v) is 11.2. The molecule has 0 fully saturated rings. The van der Waals surface area contributed by atoms with Crippen molar-refractivity contribution in [2.24, 2.45) is 0 Å². The van der Waals surface area contributed by atoms with Crippen molar-refractivity contribution in [1.29, 1.82) is 0 Å². The topological polar surface area (TPSA) is 66.6 Å². The Bertz CT molecular complexity index is 1370. The van der Waals surface area contributed by atoms with Gasteiger partial charge in [0, 0.05) is 39.9 Å². The fraction of sp³-hybridized carbons (Fsp3) is 0.192. The SMILES string of the molecule is COc1ccc(NC(=O)N2CCc3c([nH]c4ccc(Cl)cc34)[C@@H]2c2ccc(F)cc2)cc1OC. The van der Waals surface area contributed by atoms with Crippen molar-refractivity contribution in [3.63, 3.8) is 0 Å². The van der Waals surface area contributed by atoms with E-state index in [2.05, 4.69) is 10.3 Å². The molecule has 0 bridgehead atoms. The summed E-state index contributed by atoms with van der Waals surface area (Å²) in [5.74, 6) is 0.761. The van der Waals surface area contributed by atoms with Crippen LogP contribution in [-0.2, 0) is 6.42 Å². The van der Waals surface area contributed by atoms with Gasteiger partial charge in [0.2, 0.25) is 0 Å². The highest BCUT2D eigenvalue weighted by atomic mass is 35.5. The molecule has 1 atom stereocenters. The maximum atomic E-state index is 13.7. The number of methoxy groups -OCH3 is 2. The van der Waals surface area contributed by atoms with Crippen molar-refractivity contribution < 1.29 is 18.7 Å². The number of rotatable bonds is 4. The maximum Gasteiger partial charge on any atom is 0.322 e. The maximum absolute atomic E-state index is 13.7. The minimum Gasteiger partial charge on any atom is -0.493 e. The first-order valence-electron chi connectivity index (χ1n) is 10.8. The molecule has 34 heavy (non-hydrogen) atoms. The zero-order valence-corrected chi connectivity index (χ0v) is 19.4. The monoisotopic (exact) mass is 479 g/mol. The number of carbonyl (C=O) groups is 1. The van der Waals surface area contributed by atoms with E-state index in [-0.39, 0.29) is 11.8 Å². The molecule has 0 saturated carbocycles. The second kappa shape index (κ2) is 8.91. The predicted octanol–water partition coefficient (Wildman–Crippen LogP) is 6.16. The first-order chi connectivity index (χ1) is 16.5. The average molecular weight is 480 g/mol. The molecule has 174 valence electrons. The molecule has 2 amide bonds. The number of nitrogens with one attached hydrogen (secondary N) is 2. The fourth-order valence-corrected chi connectivity index (χ4v) is 4.75. The van der Waals surface area contributed by atoms with E-state index in [0.717, 1.165) is 27.7 Å². The molecule has 3 aromatic carbocycles. The van der Waals surface area contributed by atoms with Crippen molar-refractivity contribution in [2.75, 3.05) is 26.1 Å². The van der Waals surface area contributed by atoms with E-state index in [0.29, 0.717) is 35.2 Å². The third-order valence-corrected chi connectivity index (χ3v) is 6.41. The van der Waals surface area contributed by atoms with Crippen LogP contribution in [0.2, 0.25) is 5.02 Å². The number of ether oxygens (including phenoxy) is 2. The lowest BCUT2D eigenvalue weighted by Gasteiger charge is -2.36. The Labute approximate surface area is 201 Å². The number of fused-ring (bicyclic) bond motifs is 3. The van der Waals surface area contributed by atoms with Gasteiger partial charge in [0.05, 0.1) is 20.3 Å². The summed E-state index contributed by atoms with van der Waals surface area (Å²) in [7, 11) is 3.10. The van der Waals surface area contributed by atoms with Gasteiger partial charge in [-0.3, -0.25) is 0 Å². The molecule has 8 heteroatoms. The standard InChI is InChI=1S/C26H23ClFN3O3/c1-33-22-10-8-18(14-23(22)34-2)29-26(32)31-12-11-19-20-13-16(27)5-9-21(20)30-24(19)25(31)15-3-6-17(28)7-4-15/h3-10,13-14,25,30H,11-12H2,1-2H3,(H,29,32)/t25-/m0/s1. The molecular weight excluding hydrogens is 457 g/mol. The van der Waals surface area contributed by atoms with Gasteiger partial charge in [-0.05, 0) is 60.0 Å². The molecule has 6 nitrogen and oxygen atoms in total. The second-order valence-electron chi connectivity index (χ2n) is 8.10. The molecule has 2 heterocycles. The average Bonchev–Trinajstić information content (AvgIpc) is 3.21. The number of aromatic nitrogens is 1. The van der Waals surface area contributed by atoms with Gasteiger partial charge >= 0.3 is 6.03 Å². The summed E-state index contributed by atoms with van der Waals surface area (Å²) < 4.78 is 24.3. The summed E-state index contributed by atoms with van der Waals surface area (Å²) >= 11 is 6.26. The summed E-state index contributed by atoms with van der Waals surface area (Å²) in [6, 6.07) is 16.5. The number of anilines is 1. The minimum absolute atomic E-state index is 0.274. The van der Waals surface area contributed by atoms with Crippen LogP contribution in [-0.4, -0.2) is 36.7 Å². The van der Waals surface area contributed by atoms with Gasteiger partial charge in [0.1, 0.15) is 5.82 Å². The first kappa shape index (κ1) is 22.1. The number of H-pyrrole nitrogens is 1. The molecule has 0 unspecified atom stereocenters. The Hall–Kier alpha value is -3.71. The number of aromatic amines is 1. The molecule has 0 radical (unpaired) electrons. The molecule has 0 spiro atoms. The van der Waals surface area contributed by atoms with Crippen LogP contribution in [0.25, 0.3) is 10.9 Å². The molecule has 0 aliphatic carbocycles. The van der Waals surface area contributed by atoms with Gasteiger partial charge in [0.15, 0.2) is 11.5 Å². The van der Waals surface area contributed by atoms with Crippen LogP contribution in [0.15, 0.2) is 60.7 Å². The van der Waals surface area contributed by atoms with Crippen molar-refractivity contribution >= 4 is 34.2 Å². The van der Waals surface area contributed by atoms with Crippen LogP contribution in [0.3, 0.4) is 0 Å². The minimum atomic E-state index is -0.421. The number of carbonyl (C=O) groups excluding carboxylic acids is 1. The fourth-order valence-electron chi connectivity index (χ4n) is 4.58. The lowest BCUT2D eigenvalue weighted by molar-refractivity contribution is 0.193. The molecular formula is C26H23ClFN3O3. The number of halogens is 2. The molecule has 1 aromatic heterocycles. The van der Waals surface area contributed by atoms with Crippen LogP contribution in [0.1, 0.15) is 22.9 Å². The summed E-state index contributed by atoms with van der Waals surface area (Å²) in [4.78, 5) is 18.7. The third kappa shape index (κ3) is 3.92. The molecule has 4 aromatic rings. The van der Waals surface area contributed by atoms with E-state index >= 15 is 0 Å². The van der Waals surface area contributed by atoms with Crippen LogP contribution in [0, 0.1) is 5.82 Å². The molecule has 0 saturated heterocycles. The number of hydrogen-bond acceptors (Lipinski definition) is 3. The van der Waals surface area contributed by atoms with E-state index in [1.54, 1.807) is 49.5 Å². The van der Waals surface area contributed by atoms with Gasteiger partial charge in [-0.25, -0.2) is 9.18 Å². The Balaban J connectivity index is 1.54. The van der Waals surface area contributed by atoms with E-state index in [4.69, 9.17) is 21.1 Å². The van der Waals surface area contributed by atoms with E-state index in [9.17, 15) is 9.18 Å². The number of nitrogens with zero attached hydrogens (tertiary/aromatic N) is 1. The summed E-state index contributed by atoms with van der Waals surface area (Å²) in [6.45, 7) is 0.480. The van der Waals surface area contributed by atoms with Crippen molar-refractivity contribution in [1.82, 2.24) is 9.88 Å². The zero-order chi connectivity index (χ0) is 23.8. The largest absolute Gasteiger partial charge is 0.493 e. The summed E-state index contributed by atoms with van der Waals surface area (Å²) in [6.07, 6.45) is 0.659. The zero-order valence-electron chi connectivity index (χ0n) is 18.7. The Morgan fingerprint density at radius 2 is 1.82 bits per heavy atom. The highest BCUT2D eigenvalue weighted by Crippen LogP contribution is 2.39. The van der Waals surface area contributed by atoms with Crippen LogP contribution >= 0.6 is 11.6 Å². The van der Waals surface area contributed by atoms with E-state index < -0.39 is 6.04 Å².